The third kappa shape index (κ3) is 4.33. The molecule has 0 aliphatic carbocycles. The Morgan fingerprint density at radius 2 is 2.07 bits per heavy atom. The molecule has 2 aromatic rings. The molecule has 8 heteroatoms. The predicted octanol–water partition coefficient (Wildman–Crippen LogP) is 4.23. The maximum atomic E-state index is 12.5. The minimum atomic E-state index is -1.02. The number of amidine groups is 1. The molecule has 1 aliphatic heterocycles. The number of hydrogen-bond donors (Lipinski definition) is 1. The van der Waals surface area contributed by atoms with E-state index in [0.717, 1.165) is 14.9 Å². The van der Waals surface area contributed by atoms with Gasteiger partial charge in [0.25, 0.3) is 5.91 Å². The van der Waals surface area contributed by atoms with Crippen molar-refractivity contribution in [3.63, 3.8) is 0 Å². The van der Waals surface area contributed by atoms with Crippen LogP contribution in [0, 0.1) is 3.57 Å². The smallest absolute Gasteiger partial charge is 0.335 e. The average molecular weight is 494 g/mol. The monoisotopic (exact) mass is 494 g/mol. The molecule has 138 valence electrons. The van der Waals surface area contributed by atoms with Crippen LogP contribution in [0.2, 0.25) is 0 Å². The van der Waals surface area contributed by atoms with Crippen molar-refractivity contribution in [2.75, 3.05) is 14.2 Å². The molecule has 1 N–H and O–H groups in total. The highest BCUT2D eigenvalue weighted by molar-refractivity contribution is 14.1. The molecule has 1 saturated heterocycles. The number of aromatic carboxylic acids is 1. The van der Waals surface area contributed by atoms with E-state index >= 15 is 0 Å². The first-order chi connectivity index (χ1) is 12.9. The summed E-state index contributed by atoms with van der Waals surface area (Å²) in [4.78, 5) is 30.1. The van der Waals surface area contributed by atoms with Gasteiger partial charge in [-0.05, 0) is 76.3 Å². The molecule has 1 fully saturated rings. The number of rotatable bonds is 4. The molecule has 0 aromatic heterocycles. The van der Waals surface area contributed by atoms with Gasteiger partial charge in [-0.3, -0.25) is 9.69 Å². The second-order valence-electron chi connectivity index (χ2n) is 5.62. The van der Waals surface area contributed by atoms with Crippen molar-refractivity contribution in [2.45, 2.75) is 0 Å². The molecule has 0 bridgehead atoms. The number of likely N-dealkylation sites (N-methyl/N-ethyl adjacent to an activating group) is 1. The summed E-state index contributed by atoms with van der Waals surface area (Å²) in [7, 11) is 3.26. The normalized spacial score (nSPS) is 17.0. The van der Waals surface area contributed by atoms with Crippen molar-refractivity contribution < 1.29 is 19.4 Å². The Morgan fingerprint density at radius 3 is 2.74 bits per heavy atom. The topological polar surface area (TPSA) is 79.2 Å². The Balaban J connectivity index is 1.89. The van der Waals surface area contributed by atoms with E-state index in [1.807, 2.05) is 18.2 Å². The molecular formula is C19H15IN2O4S. The van der Waals surface area contributed by atoms with Crippen molar-refractivity contribution >= 4 is 63.2 Å². The summed E-state index contributed by atoms with van der Waals surface area (Å²) in [6, 6.07) is 12.0. The zero-order valence-electron chi connectivity index (χ0n) is 14.5. The van der Waals surface area contributed by atoms with Gasteiger partial charge in [0.2, 0.25) is 0 Å². The van der Waals surface area contributed by atoms with Crippen LogP contribution in [0.5, 0.6) is 5.75 Å². The minimum Gasteiger partial charge on any atom is -0.496 e. The lowest BCUT2D eigenvalue weighted by molar-refractivity contribution is -0.121. The number of benzene rings is 2. The summed E-state index contributed by atoms with van der Waals surface area (Å²) in [5.74, 6) is -0.393. The second kappa shape index (κ2) is 8.13. The van der Waals surface area contributed by atoms with Gasteiger partial charge in [0.15, 0.2) is 5.17 Å². The van der Waals surface area contributed by atoms with Gasteiger partial charge in [-0.25, -0.2) is 9.79 Å². The molecule has 27 heavy (non-hydrogen) atoms. The molecule has 2 aromatic carbocycles. The molecule has 1 amide bonds. The van der Waals surface area contributed by atoms with Gasteiger partial charge in [0.05, 0.1) is 26.8 Å². The highest BCUT2D eigenvalue weighted by atomic mass is 127. The van der Waals surface area contributed by atoms with Gasteiger partial charge in [-0.2, -0.15) is 0 Å². The van der Waals surface area contributed by atoms with E-state index in [2.05, 4.69) is 27.6 Å². The van der Waals surface area contributed by atoms with Crippen molar-refractivity contribution in [2.24, 2.45) is 4.99 Å². The molecule has 0 unspecified atom stereocenters. The maximum absolute atomic E-state index is 12.5. The summed E-state index contributed by atoms with van der Waals surface area (Å²) >= 11 is 3.43. The molecular weight excluding hydrogens is 479 g/mol. The fraction of sp³-hybridized carbons (Fsp3) is 0.105. The van der Waals surface area contributed by atoms with E-state index in [1.165, 1.54) is 28.8 Å². The van der Waals surface area contributed by atoms with E-state index < -0.39 is 5.97 Å². The van der Waals surface area contributed by atoms with Crippen LogP contribution in [0.4, 0.5) is 5.69 Å². The van der Waals surface area contributed by atoms with Gasteiger partial charge < -0.3 is 9.84 Å². The Kier molecular flexibility index (Phi) is 5.85. The number of aliphatic imine (C=N–C) groups is 1. The fourth-order valence-corrected chi connectivity index (χ4v) is 4.14. The Morgan fingerprint density at radius 1 is 1.30 bits per heavy atom. The second-order valence-corrected chi connectivity index (χ2v) is 7.79. The minimum absolute atomic E-state index is 0.150. The number of ether oxygens (including phenoxy) is 1. The van der Waals surface area contributed by atoms with Gasteiger partial charge in [-0.1, -0.05) is 12.1 Å². The predicted molar refractivity (Wildman–Crippen MR) is 115 cm³/mol. The molecule has 1 aliphatic rings. The van der Waals surface area contributed by atoms with Crippen LogP contribution < -0.4 is 4.74 Å². The SMILES string of the molecule is COc1ccc(/C=C2\SC(=Nc3cccc(C(=O)O)c3)N(C)C2=O)cc1I. The van der Waals surface area contributed by atoms with Crippen LogP contribution in [0.1, 0.15) is 15.9 Å². The highest BCUT2D eigenvalue weighted by Gasteiger charge is 2.30. The van der Waals surface area contributed by atoms with Gasteiger partial charge in [0.1, 0.15) is 5.75 Å². The zero-order valence-corrected chi connectivity index (χ0v) is 17.4. The maximum Gasteiger partial charge on any atom is 0.335 e. The van der Waals surface area contributed by atoms with E-state index in [0.29, 0.717) is 15.8 Å². The van der Waals surface area contributed by atoms with Crippen LogP contribution in [0.25, 0.3) is 6.08 Å². The highest BCUT2D eigenvalue weighted by Crippen LogP contribution is 2.34. The first kappa shape index (κ1) is 19.4. The number of carbonyl (C=O) groups excluding carboxylic acids is 1. The third-order valence-corrected chi connectivity index (χ3v) is 5.70. The van der Waals surface area contributed by atoms with Gasteiger partial charge >= 0.3 is 5.97 Å². The molecule has 0 radical (unpaired) electrons. The quantitative estimate of drug-likeness (QED) is 0.509. The number of nitrogens with zero attached hydrogens (tertiary/aromatic N) is 2. The van der Waals surface area contributed by atoms with Crippen LogP contribution in [0.15, 0.2) is 52.4 Å². The molecule has 0 saturated carbocycles. The summed E-state index contributed by atoms with van der Waals surface area (Å²) in [5.41, 5.74) is 1.52. The van der Waals surface area contributed by atoms with E-state index in [1.54, 1.807) is 32.4 Å². The van der Waals surface area contributed by atoms with E-state index in [9.17, 15) is 9.59 Å². The Labute approximate surface area is 174 Å². The summed E-state index contributed by atoms with van der Waals surface area (Å²) < 4.78 is 6.20. The number of halogens is 1. The first-order valence-corrected chi connectivity index (χ1v) is 9.72. The number of hydrogen-bond acceptors (Lipinski definition) is 5. The molecule has 6 nitrogen and oxygen atoms in total. The van der Waals surface area contributed by atoms with Crippen LogP contribution in [-0.4, -0.2) is 41.2 Å². The van der Waals surface area contributed by atoms with Crippen molar-refractivity contribution in [3.05, 3.63) is 62.1 Å². The van der Waals surface area contributed by atoms with Crippen LogP contribution >= 0.6 is 34.4 Å². The number of methoxy groups -OCH3 is 1. The Hall–Kier alpha value is -2.33. The molecule has 0 atom stereocenters. The van der Waals surface area contributed by atoms with Gasteiger partial charge in [0, 0.05) is 7.05 Å². The van der Waals surface area contributed by atoms with E-state index in [4.69, 9.17) is 9.84 Å². The number of carboxylic acids is 1. The summed E-state index contributed by atoms with van der Waals surface area (Å²) in [6.45, 7) is 0. The number of carbonyl (C=O) groups is 2. The largest absolute Gasteiger partial charge is 0.496 e. The van der Waals surface area contributed by atoms with Crippen molar-refractivity contribution in [1.29, 1.82) is 0 Å². The van der Waals surface area contributed by atoms with Crippen molar-refractivity contribution in [3.8, 4) is 5.75 Å². The number of thioether (sulfide) groups is 1. The fourth-order valence-electron chi connectivity index (χ4n) is 2.39. The van der Waals surface area contributed by atoms with Crippen molar-refractivity contribution in [1.82, 2.24) is 4.90 Å². The van der Waals surface area contributed by atoms with Crippen LogP contribution in [-0.2, 0) is 4.79 Å². The third-order valence-electron chi connectivity index (χ3n) is 3.80. The molecule has 3 rings (SSSR count). The Bertz CT molecular complexity index is 987. The first-order valence-electron chi connectivity index (χ1n) is 7.82. The lowest BCUT2D eigenvalue weighted by atomic mass is 10.2. The summed E-state index contributed by atoms with van der Waals surface area (Å²) in [6.07, 6.45) is 1.81. The zero-order chi connectivity index (χ0) is 19.6. The van der Waals surface area contributed by atoms with Gasteiger partial charge in [-0.15, -0.1) is 0 Å². The standard InChI is InChI=1S/C19H15IN2O4S/c1-22-17(23)16(9-11-6-7-15(26-2)14(20)8-11)27-19(22)21-13-5-3-4-12(10-13)18(24)25/h3-10H,1-2H3,(H,24,25)/b16-9-,21-19?. The average Bonchev–Trinajstić information content (AvgIpc) is 2.90. The van der Waals surface area contributed by atoms with E-state index in [-0.39, 0.29) is 11.5 Å². The number of carboxylic acid groups (broad SMARTS) is 1. The number of amides is 1. The molecule has 1 heterocycles. The summed E-state index contributed by atoms with van der Waals surface area (Å²) in [5, 5.41) is 9.59. The lowest BCUT2D eigenvalue weighted by Gasteiger charge is -2.07. The van der Waals surface area contributed by atoms with Crippen LogP contribution in [0.3, 0.4) is 0 Å². The lowest BCUT2D eigenvalue weighted by Crippen LogP contribution is -2.23. The molecule has 0 spiro atoms.